The molecule has 122 valence electrons. The Morgan fingerprint density at radius 1 is 0.682 bits per heavy atom. The molecule has 2 nitrogen and oxygen atoms in total. The molecule has 0 aliphatic heterocycles. The molecule has 2 rings (SSSR count). The normalized spacial score (nSPS) is 14.7. The molecule has 0 fully saturated rings. The Labute approximate surface area is 136 Å². The van der Waals surface area contributed by atoms with E-state index < -0.39 is 0 Å². The van der Waals surface area contributed by atoms with Crippen LogP contribution in [0.2, 0.25) is 0 Å². The third-order valence-corrected chi connectivity index (χ3v) is 4.84. The van der Waals surface area contributed by atoms with E-state index in [-0.39, 0.29) is 0 Å². The highest BCUT2D eigenvalue weighted by Gasteiger charge is 2.13. The number of hydrogen-bond acceptors (Lipinski definition) is 0. The molecule has 0 radical (unpaired) electrons. The number of aromatic nitrogens is 2. The van der Waals surface area contributed by atoms with Crippen molar-refractivity contribution in [2.24, 2.45) is 0 Å². The fourth-order valence-electron chi connectivity index (χ4n) is 2.92. The Morgan fingerprint density at radius 2 is 1.05 bits per heavy atom. The topological polar surface area (TPSA) is 9.86 Å². The van der Waals surface area contributed by atoms with Gasteiger partial charge in [-0.15, -0.1) is 0 Å². The molecule has 0 bridgehead atoms. The predicted molar refractivity (Wildman–Crippen MR) is 95.7 cm³/mol. The van der Waals surface area contributed by atoms with Crippen molar-refractivity contribution in [3.05, 3.63) is 48.0 Å². The van der Waals surface area contributed by atoms with E-state index >= 15 is 0 Å². The van der Waals surface area contributed by atoms with Crippen molar-refractivity contribution in [2.75, 3.05) is 0 Å². The molecule has 0 N–H and O–H groups in total. The second kappa shape index (κ2) is 7.21. The molecule has 2 aromatic rings. The SMILES string of the molecule is CC(CCC(C)c1ccn(C(C)C)c1)c1ccn(C(C)C)c1. The smallest absolute Gasteiger partial charge is 0.0274 e. The summed E-state index contributed by atoms with van der Waals surface area (Å²) in [5.74, 6) is 1.27. The first-order valence-corrected chi connectivity index (χ1v) is 8.73. The van der Waals surface area contributed by atoms with Crippen molar-refractivity contribution in [1.82, 2.24) is 9.13 Å². The highest BCUT2D eigenvalue weighted by molar-refractivity contribution is 5.18. The van der Waals surface area contributed by atoms with Crippen molar-refractivity contribution >= 4 is 0 Å². The summed E-state index contributed by atoms with van der Waals surface area (Å²) in [6, 6.07) is 5.67. The van der Waals surface area contributed by atoms with Crippen LogP contribution < -0.4 is 0 Å². The van der Waals surface area contributed by atoms with Gasteiger partial charge in [0.1, 0.15) is 0 Å². The molecule has 2 heteroatoms. The van der Waals surface area contributed by atoms with Gasteiger partial charge in [-0.05, 0) is 75.6 Å². The third kappa shape index (κ3) is 4.06. The van der Waals surface area contributed by atoms with Crippen LogP contribution in [-0.4, -0.2) is 9.13 Å². The van der Waals surface area contributed by atoms with Gasteiger partial charge in [0, 0.05) is 36.9 Å². The highest BCUT2D eigenvalue weighted by Crippen LogP contribution is 2.29. The van der Waals surface area contributed by atoms with E-state index in [9.17, 15) is 0 Å². The van der Waals surface area contributed by atoms with Gasteiger partial charge in [-0.1, -0.05) is 13.8 Å². The minimum absolute atomic E-state index is 0.552. The Kier molecular flexibility index (Phi) is 5.55. The van der Waals surface area contributed by atoms with Crippen molar-refractivity contribution in [1.29, 1.82) is 0 Å². The number of nitrogens with zero attached hydrogens (tertiary/aromatic N) is 2. The lowest BCUT2D eigenvalue weighted by Crippen LogP contribution is -2.00. The zero-order chi connectivity index (χ0) is 16.3. The summed E-state index contributed by atoms with van der Waals surface area (Å²) in [4.78, 5) is 0. The van der Waals surface area contributed by atoms with E-state index in [0.29, 0.717) is 23.9 Å². The molecule has 0 aliphatic rings. The molecular formula is C20H32N2. The summed E-state index contributed by atoms with van der Waals surface area (Å²) in [7, 11) is 0. The first-order chi connectivity index (χ1) is 10.4. The van der Waals surface area contributed by atoms with E-state index in [1.807, 2.05) is 0 Å². The van der Waals surface area contributed by atoms with Crippen molar-refractivity contribution in [3.63, 3.8) is 0 Å². The maximum absolute atomic E-state index is 2.35. The molecule has 0 aliphatic carbocycles. The van der Waals surface area contributed by atoms with Crippen LogP contribution in [0.1, 0.15) is 89.4 Å². The monoisotopic (exact) mass is 300 g/mol. The predicted octanol–water partition coefficient (Wildman–Crippen LogP) is 6.14. The van der Waals surface area contributed by atoms with Crippen LogP contribution in [0.3, 0.4) is 0 Å². The maximum atomic E-state index is 2.35. The molecule has 2 aromatic heterocycles. The largest absolute Gasteiger partial charge is 0.352 e. The molecule has 22 heavy (non-hydrogen) atoms. The van der Waals surface area contributed by atoms with Crippen molar-refractivity contribution in [3.8, 4) is 0 Å². The lowest BCUT2D eigenvalue weighted by Gasteiger charge is -2.15. The average molecular weight is 300 g/mol. The van der Waals surface area contributed by atoms with Crippen LogP contribution in [0.15, 0.2) is 36.9 Å². The quantitative estimate of drug-likeness (QED) is 0.581. The van der Waals surface area contributed by atoms with Crippen LogP contribution in [0.4, 0.5) is 0 Å². The zero-order valence-corrected chi connectivity index (χ0v) is 15.1. The fraction of sp³-hybridized carbons (Fsp3) is 0.600. The first kappa shape index (κ1) is 16.9. The Morgan fingerprint density at radius 3 is 1.32 bits per heavy atom. The first-order valence-electron chi connectivity index (χ1n) is 8.73. The van der Waals surface area contributed by atoms with Crippen LogP contribution in [0, 0.1) is 0 Å². The minimum atomic E-state index is 0.552. The van der Waals surface area contributed by atoms with Gasteiger partial charge in [0.15, 0.2) is 0 Å². The molecule has 0 aromatic carbocycles. The molecule has 2 atom stereocenters. The van der Waals surface area contributed by atoms with Gasteiger partial charge in [0.25, 0.3) is 0 Å². The summed E-state index contributed by atoms with van der Waals surface area (Å²) >= 11 is 0. The maximum Gasteiger partial charge on any atom is 0.0274 e. The van der Waals surface area contributed by atoms with E-state index in [4.69, 9.17) is 0 Å². The summed E-state index contributed by atoms with van der Waals surface area (Å²) < 4.78 is 4.61. The second-order valence-electron chi connectivity index (χ2n) is 7.35. The fourth-order valence-corrected chi connectivity index (χ4v) is 2.92. The lowest BCUT2D eigenvalue weighted by molar-refractivity contribution is 0.562. The van der Waals surface area contributed by atoms with Gasteiger partial charge in [-0.25, -0.2) is 0 Å². The Hall–Kier alpha value is -1.44. The minimum Gasteiger partial charge on any atom is -0.352 e. The van der Waals surface area contributed by atoms with Gasteiger partial charge < -0.3 is 9.13 Å². The molecular weight excluding hydrogens is 268 g/mol. The second-order valence-corrected chi connectivity index (χ2v) is 7.35. The molecule has 0 saturated heterocycles. The third-order valence-electron chi connectivity index (χ3n) is 4.84. The van der Waals surface area contributed by atoms with Crippen molar-refractivity contribution < 1.29 is 0 Å². The summed E-state index contributed by atoms with van der Waals surface area (Å²) in [6.07, 6.45) is 11.5. The van der Waals surface area contributed by atoms with E-state index in [0.717, 1.165) is 0 Å². The molecule has 0 saturated carbocycles. The molecule has 0 spiro atoms. The van der Waals surface area contributed by atoms with E-state index in [1.165, 1.54) is 24.0 Å². The van der Waals surface area contributed by atoms with E-state index in [2.05, 4.69) is 87.6 Å². The van der Waals surface area contributed by atoms with Crippen LogP contribution in [-0.2, 0) is 0 Å². The van der Waals surface area contributed by atoms with Crippen LogP contribution in [0.25, 0.3) is 0 Å². The lowest BCUT2D eigenvalue weighted by atomic mass is 9.91. The zero-order valence-electron chi connectivity index (χ0n) is 15.1. The average Bonchev–Trinajstić information content (AvgIpc) is 3.12. The Balaban J connectivity index is 1.90. The molecule has 2 heterocycles. The number of rotatable bonds is 7. The summed E-state index contributed by atoms with van der Waals surface area (Å²) in [5, 5.41) is 0. The van der Waals surface area contributed by atoms with Crippen molar-refractivity contribution in [2.45, 2.75) is 78.3 Å². The summed E-state index contributed by atoms with van der Waals surface area (Å²) in [6.45, 7) is 13.6. The summed E-state index contributed by atoms with van der Waals surface area (Å²) in [5.41, 5.74) is 2.95. The molecule has 0 amide bonds. The van der Waals surface area contributed by atoms with Crippen LogP contribution in [0.5, 0.6) is 0 Å². The van der Waals surface area contributed by atoms with E-state index in [1.54, 1.807) is 0 Å². The standard InChI is InChI=1S/C20H32N2/c1-15(2)21-11-9-19(13-21)17(5)7-8-18(6)20-10-12-22(14-20)16(3)4/h9-18H,7-8H2,1-6H3. The molecule has 2 unspecified atom stereocenters. The Bertz CT molecular complexity index is 522. The van der Waals surface area contributed by atoms with Gasteiger partial charge in [0.2, 0.25) is 0 Å². The van der Waals surface area contributed by atoms with Gasteiger partial charge in [-0.3, -0.25) is 0 Å². The highest BCUT2D eigenvalue weighted by atomic mass is 15.0. The number of hydrogen-bond donors (Lipinski definition) is 0. The van der Waals surface area contributed by atoms with Gasteiger partial charge in [0.05, 0.1) is 0 Å². The van der Waals surface area contributed by atoms with Gasteiger partial charge in [-0.2, -0.15) is 0 Å². The van der Waals surface area contributed by atoms with Gasteiger partial charge >= 0.3 is 0 Å². The van der Waals surface area contributed by atoms with Crippen LogP contribution >= 0.6 is 0 Å².